The molecule has 0 aromatic heterocycles. The van der Waals surface area contributed by atoms with Gasteiger partial charge in [-0.1, -0.05) is 103 Å². The number of unbranched alkanes of at least 4 members (excludes halogenated alkanes) is 15. The monoisotopic (exact) mass is 502 g/mol. The van der Waals surface area contributed by atoms with Crippen molar-refractivity contribution >= 4 is 17.9 Å². The molecule has 0 saturated heterocycles. The highest BCUT2D eigenvalue weighted by molar-refractivity contribution is 5.67. The summed E-state index contributed by atoms with van der Waals surface area (Å²) in [6, 6.07) is 0. The molecule has 0 rings (SSSR count). The molecular formula is C28H54O7. The van der Waals surface area contributed by atoms with Gasteiger partial charge in [0.05, 0.1) is 6.10 Å². The zero-order valence-corrected chi connectivity index (χ0v) is 22.4. The molecule has 0 bridgehead atoms. The Morgan fingerprint density at radius 3 is 1.00 bits per heavy atom. The molecule has 1 unspecified atom stereocenters. The van der Waals surface area contributed by atoms with Crippen LogP contribution in [0.25, 0.3) is 0 Å². The van der Waals surface area contributed by atoms with Gasteiger partial charge in [-0.05, 0) is 32.1 Å². The highest BCUT2D eigenvalue weighted by Gasteiger charge is 2.03. The number of carbonyl (C=O) groups is 3. The van der Waals surface area contributed by atoms with Crippen molar-refractivity contribution in [1.82, 2.24) is 0 Å². The largest absolute Gasteiger partial charge is 0.481 e. The Morgan fingerprint density at radius 1 is 0.457 bits per heavy atom. The SMILES string of the molecule is CCCCCCC(O)CCCCCCCCCCC(=O)O.O=C(O)CCCCCCCCC(=O)O. The van der Waals surface area contributed by atoms with Crippen LogP contribution < -0.4 is 0 Å². The van der Waals surface area contributed by atoms with Crippen LogP contribution in [-0.2, 0) is 14.4 Å². The van der Waals surface area contributed by atoms with E-state index in [-0.39, 0.29) is 18.9 Å². The van der Waals surface area contributed by atoms with E-state index < -0.39 is 17.9 Å². The quantitative estimate of drug-likeness (QED) is 0.0945. The van der Waals surface area contributed by atoms with E-state index in [1.807, 2.05) is 0 Å². The standard InChI is InChI=1S/C18H36O3.C10H18O4/c1-2-3-4-11-14-17(19)15-12-9-7-5-6-8-10-13-16-18(20)21;11-9(12)7-5-3-1-2-4-6-8-10(13)14/h17,19H,2-16H2,1H3,(H,20,21);1-8H2,(H,11,12)(H,13,14). The van der Waals surface area contributed by atoms with Crippen molar-refractivity contribution in [2.75, 3.05) is 0 Å². The molecule has 0 heterocycles. The molecule has 208 valence electrons. The Morgan fingerprint density at radius 2 is 0.714 bits per heavy atom. The molecule has 0 fully saturated rings. The van der Waals surface area contributed by atoms with Crippen LogP contribution in [0.3, 0.4) is 0 Å². The average Bonchev–Trinajstić information content (AvgIpc) is 2.79. The minimum atomic E-state index is -0.740. The number of carboxylic acid groups (broad SMARTS) is 3. The molecule has 0 saturated carbocycles. The summed E-state index contributed by atoms with van der Waals surface area (Å²) in [7, 11) is 0. The molecule has 0 radical (unpaired) electrons. The molecule has 7 nitrogen and oxygen atoms in total. The Hall–Kier alpha value is -1.63. The molecule has 0 aliphatic carbocycles. The highest BCUT2D eigenvalue weighted by Crippen LogP contribution is 2.14. The van der Waals surface area contributed by atoms with Crippen molar-refractivity contribution in [3.8, 4) is 0 Å². The van der Waals surface area contributed by atoms with Crippen molar-refractivity contribution in [2.45, 2.75) is 161 Å². The number of aliphatic carboxylic acids is 3. The lowest BCUT2D eigenvalue weighted by atomic mass is 10.0. The third kappa shape index (κ3) is 37.1. The van der Waals surface area contributed by atoms with Crippen LogP contribution in [0.2, 0.25) is 0 Å². The highest BCUT2D eigenvalue weighted by atomic mass is 16.4. The minimum Gasteiger partial charge on any atom is -0.481 e. The normalized spacial score (nSPS) is 11.5. The maximum atomic E-state index is 10.3. The van der Waals surface area contributed by atoms with E-state index in [0.717, 1.165) is 77.0 Å². The van der Waals surface area contributed by atoms with Gasteiger partial charge < -0.3 is 20.4 Å². The van der Waals surface area contributed by atoms with Gasteiger partial charge in [0.15, 0.2) is 0 Å². The van der Waals surface area contributed by atoms with Crippen LogP contribution in [0.1, 0.15) is 155 Å². The van der Waals surface area contributed by atoms with E-state index >= 15 is 0 Å². The van der Waals surface area contributed by atoms with Gasteiger partial charge in [0.25, 0.3) is 0 Å². The molecule has 0 aromatic rings. The third-order valence-electron chi connectivity index (χ3n) is 6.10. The Balaban J connectivity index is 0. The predicted molar refractivity (Wildman–Crippen MR) is 141 cm³/mol. The molecule has 1 atom stereocenters. The van der Waals surface area contributed by atoms with Crippen molar-refractivity contribution in [1.29, 1.82) is 0 Å². The summed E-state index contributed by atoms with van der Waals surface area (Å²) in [5.41, 5.74) is 0. The first-order valence-electron chi connectivity index (χ1n) is 14.1. The fourth-order valence-corrected chi connectivity index (χ4v) is 3.93. The topological polar surface area (TPSA) is 132 Å². The van der Waals surface area contributed by atoms with Gasteiger partial charge in [-0.25, -0.2) is 0 Å². The predicted octanol–water partition coefficient (Wildman–Crippen LogP) is 7.58. The van der Waals surface area contributed by atoms with Crippen LogP contribution in [0.5, 0.6) is 0 Å². The second-order valence-corrected chi connectivity index (χ2v) is 9.67. The van der Waals surface area contributed by atoms with Crippen LogP contribution in [0, 0.1) is 0 Å². The molecule has 0 aliphatic rings. The molecule has 7 heteroatoms. The lowest BCUT2D eigenvalue weighted by Gasteiger charge is -2.10. The maximum Gasteiger partial charge on any atom is 0.303 e. The Labute approximate surface area is 213 Å². The summed E-state index contributed by atoms with van der Waals surface area (Å²) >= 11 is 0. The molecule has 35 heavy (non-hydrogen) atoms. The Kier molecular flexibility index (Phi) is 29.0. The van der Waals surface area contributed by atoms with E-state index in [2.05, 4.69) is 6.92 Å². The minimum absolute atomic E-state index is 0.0853. The molecular weight excluding hydrogens is 448 g/mol. The first-order valence-corrected chi connectivity index (χ1v) is 14.1. The first kappa shape index (κ1) is 35.5. The summed E-state index contributed by atoms with van der Waals surface area (Å²) in [6.45, 7) is 2.21. The van der Waals surface area contributed by atoms with Gasteiger partial charge in [0, 0.05) is 19.3 Å². The van der Waals surface area contributed by atoms with Crippen molar-refractivity contribution in [3.63, 3.8) is 0 Å². The summed E-state index contributed by atoms with van der Waals surface area (Å²) in [5.74, 6) is -2.16. The molecule has 0 aliphatic heterocycles. The van der Waals surface area contributed by atoms with Gasteiger partial charge in [-0.3, -0.25) is 14.4 Å². The van der Waals surface area contributed by atoms with Crippen molar-refractivity contribution in [3.05, 3.63) is 0 Å². The van der Waals surface area contributed by atoms with E-state index in [1.165, 1.54) is 51.4 Å². The van der Waals surface area contributed by atoms with Crippen LogP contribution in [-0.4, -0.2) is 44.4 Å². The number of rotatable bonds is 25. The smallest absolute Gasteiger partial charge is 0.303 e. The molecule has 4 N–H and O–H groups in total. The van der Waals surface area contributed by atoms with Crippen molar-refractivity contribution < 1.29 is 34.8 Å². The van der Waals surface area contributed by atoms with Gasteiger partial charge in [0.2, 0.25) is 0 Å². The number of aliphatic hydroxyl groups is 1. The van der Waals surface area contributed by atoms with E-state index in [0.29, 0.717) is 6.42 Å². The van der Waals surface area contributed by atoms with E-state index in [9.17, 15) is 19.5 Å². The van der Waals surface area contributed by atoms with Crippen LogP contribution in [0.15, 0.2) is 0 Å². The summed E-state index contributed by atoms with van der Waals surface area (Å²) < 4.78 is 0. The number of aliphatic hydroxyl groups excluding tert-OH is 1. The summed E-state index contributed by atoms with van der Waals surface area (Å²) in [6.07, 6.45) is 22.1. The van der Waals surface area contributed by atoms with Gasteiger partial charge in [-0.15, -0.1) is 0 Å². The maximum absolute atomic E-state index is 10.3. The van der Waals surface area contributed by atoms with Crippen LogP contribution in [0.4, 0.5) is 0 Å². The summed E-state index contributed by atoms with van der Waals surface area (Å²) in [4.78, 5) is 30.6. The zero-order chi connectivity index (χ0) is 26.6. The lowest BCUT2D eigenvalue weighted by Crippen LogP contribution is -2.05. The molecule has 0 aromatic carbocycles. The lowest BCUT2D eigenvalue weighted by molar-refractivity contribution is -0.138. The second kappa shape index (κ2) is 28.6. The van der Waals surface area contributed by atoms with Gasteiger partial charge in [0.1, 0.15) is 0 Å². The number of carboxylic acids is 3. The molecule has 0 spiro atoms. The fourth-order valence-electron chi connectivity index (χ4n) is 3.93. The number of hydrogen-bond donors (Lipinski definition) is 4. The zero-order valence-electron chi connectivity index (χ0n) is 22.4. The van der Waals surface area contributed by atoms with Crippen LogP contribution >= 0.6 is 0 Å². The average molecular weight is 503 g/mol. The first-order chi connectivity index (χ1) is 16.8. The van der Waals surface area contributed by atoms with E-state index in [4.69, 9.17) is 15.3 Å². The summed E-state index contributed by atoms with van der Waals surface area (Å²) in [5, 5.41) is 35.1. The Bertz CT molecular complexity index is 474. The van der Waals surface area contributed by atoms with Gasteiger partial charge >= 0.3 is 17.9 Å². The van der Waals surface area contributed by atoms with Crippen molar-refractivity contribution in [2.24, 2.45) is 0 Å². The van der Waals surface area contributed by atoms with Gasteiger partial charge in [-0.2, -0.15) is 0 Å². The third-order valence-corrected chi connectivity index (χ3v) is 6.10. The van der Waals surface area contributed by atoms with E-state index in [1.54, 1.807) is 0 Å². The molecule has 0 amide bonds. The number of hydrogen-bond acceptors (Lipinski definition) is 4. The second-order valence-electron chi connectivity index (χ2n) is 9.67. The fraction of sp³-hybridized carbons (Fsp3) is 0.893.